The van der Waals surface area contributed by atoms with E-state index in [-0.39, 0.29) is 0 Å². The second-order valence-corrected chi connectivity index (χ2v) is 6.54. The minimum atomic E-state index is 0.898. The first-order valence-corrected chi connectivity index (χ1v) is 7.70. The van der Waals surface area contributed by atoms with Crippen LogP contribution in [0.5, 0.6) is 0 Å². The van der Waals surface area contributed by atoms with E-state index < -0.39 is 0 Å². The highest BCUT2D eigenvalue weighted by molar-refractivity contribution is 9.11. The Balaban J connectivity index is 1.98. The van der Waals surface area contributed by atoms with Gasteiger partial charge in [-0.1, -0.05) is 39.4 Å². The zero-order valence-corrected chi connectivity index (χ0v) is 13.1. The summed E-state index contributed by atoms with van der Waals surface area (Å²) in [6.07, 6.45) is 0. The summed E-state index contributed by atoms with van der Waals surface area (Å²) in [5, 5.41) is 4.23. The molecule has 2 nitrogen and oxygen atoms in total. The van der Waals surface area contributed by atoms with Crippen LogP contribution in [0, 0.1) is 0 Å². The molecule has 0 unspecified atom stereocenters. The molecular formula is C13H8Br2N2S. The van der Waals surface area contributed by atoms with Crippen LogP contribution in [0.4, 0.5) is 10.8 Å². The average Bonchev–Trinajstić information content (AvgIpc) is 2.76. The van der Waals surface area contributed by atoms with Crippen LogP contribution in [0.1, 0.15) is 0 Å². The molecule has 0 amide bonds. The number of rotatable bonds is 2. The van der Waals surface area contributed by atoms with Crippen molar-refractivity contribution in [2.24, 2.45) is 0 Å². The normalized spacial score (nSPS) is 10.8. The first-order chi connectivity index (χ1) is 8.72. The third kappa shape index (κ3) is 2.43. The van der Waals surface area contributed by atoms with Crippen LogP contribution in [0.25, 0.3) is 10.2 Å². The molecule has 0 atom stereocenters. The Morgan fingerprint density at radius 3 is 2.72 bits per heavy atom. The molecule has 0 fully saturated rings. The molecule has 1 N–H and O–H groups in total. The maximum absolute atomic E-state index is 4.55. The molecule has 0 saturated heterocycles. The third-order valence-corrected chi connectivity index (χ3v) is 4.60. The van der Waals surface area contributed by atoms with E-state index in [4.69, 9.17) is 0 Å². The SMILES string of the molecule is Brc1ccc(Br)c(Nc2nc3ccccc3s2)c1. The van der Waals surface area contributed by atoms with E-state index in [9.17, 15) is 0 Å². The van der Waals surface area contributed by atoms with Crippen molar-refractivity contribution in [1.29, 1.82) is 0 Å². The molecule has 3 aromatic rings. The molecule has 18 heavy (non-hydrogen) atoms. The smallest absolute Gasteiger partial charge is 0.188 e. The van der Waals surface area contributed by atoms with Crippen molar-refractivity contribution in [3.63, 3.8) is 0 Å². The molecule has 0 bridgehead atoms. The number of para-hydroxylation sites is 1. The fourth-order valence-electron chi connectivity index (χ4n) is 1.63. The zero-order chi connectivity index (χ0) is 12.5. The molecule has 0 aliphatic rings. The lowest BCUT2D eigenvalue weighted by Gasteiger charge is -2.05. The first kappa shape index (κ1) is 12.1. The number of aromatic nitrogens is 1. The molecule has 1 aromatic heterocycles. The lowest BCUT2D eigenvalue weighted by molar-refractivity contribution is 1.43. The molecule has 0 radical (unpaired) electrons. The van der Waals surface area contributed by atoms with Crippen molar-refractivity contribution in [2.75, 3.05) is 5.32 Å². The Labute approximate surface area is 125 Å². The molecule has 5 heteroatoms. The van der Waals surface area contributed by atoms with Gasteiger partial charge in [-0.3, -0.25) is 0 Å². The minimum Gasteiger partial charge on any atom is -0.331 e. The fourth-order valence-corrected chi connectivity index (χ4v) is 3.22. The van der Waals surface area contributed by atoms with Crippen LogP contribution in [0.15, 0.2) is 51.4 Å². The molecule has 90 valence electrons. The van der Waals surface area contributed by atoms with Crippen LogP contribution in [0.3, 0.4) is 0 Å². The van der Waals surface area contributed by atoms with E-state index in [2.05, 4.69) is 48.2 Å². The van der Waals surface area contributed by atoms with Crippen LogP contribution in [-0.4, -0.2) is 4.98 Å². The highest BCUT2D eigenvalue weighted by Crippen LogP contribution is 2.32. The number of fused-ring (bicyclic) bond motifs is 1. The maximum atomic E-state index is 4.55. The molecule has 0 spiro atoms. The zero-order valence-electron chi connectivity index (χ0n) is 9.15. The quantitative estimate of drug-likeness (QED) is 0.626. The van der Waals surface area contributed by atoms with Crippen LogP contribution in [0.2, 0.25) is 0 Å². The van der Waals surface area contributed by atoms with Crippen molar-refractivity contribution in [1.82, 2.24) is 4.98 Å². The van der Waals surface area contributed by atoms with Gasteiger partial charge in [0.2, 0.25) is 0 Å². The van der Waals surface area contributed by atoms with Gasteiger partial charge in [0.1, 0.15) is 0 Å². The number of nitrogens with one attached hydrogen (secondary N) is 1. The van der Waals surface area contributed by atoms with E-state index in [0.717, 1.165) is 25.3 Å². The topological polar surface area (TPSA) is 24.9 Å². The Morgan fingerprint density at radius 2 is 1.89 bits per heavy atom. The van der Waals surface area contributed by atoms with Gasteiger partial charge in [0, 0.05) is 8.95 Å². The van der Waals surface area contributed by atoms with Gasteiger partial charge in [-0.2, -0.15) is 0 Å². The van der Waals surface area contributed by atoms with Gasteiger partial charge in [-0.25, -0.2) is 4.98 Å². The Hall–Kier alpha value is -0.910. The highest BCUT2D eigenvalue weighted by atomic mass is 79.9. The molecule has 1 heterocycles. The summed E-state index contributed by atoms with van der Waals surface area (Å²) in [4.78, 5) is 4.55. The van der Waals surface area contributed by atoms with E-state index >= 15 is 0 Å². The van der Waals surface area contributed by atoms with Gasteiger partial charge < -0.3 is 5.32 Å². The molecular weight excluding hydrogens is 376 g/mol. The van der Waals surface area contributed by atoms with Gasteiger partial charge in [0.05, 0.1) is 15.9 Å². The van der Waals surface area contributed by atoms with E-state index in [1.807, 2.05) is 36.4 Å². The number of nitrogens with zero attached hydrogens (tertiary/aromatic N) is 1. The van der Waals surface area contributed by atoms with Gasteiger partial charge in [-0.15, -0.1) is 0 Å². The Morgan fingerprint density at radius 1 is 1.06 bits per heavy atom. The lowest BCUT2D eigenvalue weighted by Crippen LogP contribution is -1.90. The molecule has 0 saturated carbocycles. The number of benzene rings is 2. The van der Waals surface area contributed by atoms with Crippen molar-refractivity contribution >= 4 is 64.2 Å². The predicted molar refractivity (Wildman–Crippen MR) is 84.7 cm³/mol. The second kappa shape index (κ2) is 4.99. The minimum absolute atomic E-state index is 0.898. The van der Waals surface area contributed by atoms with Crippen LogP contribution < -0.4 is 5.32 Å². The monoisotopic (exact) mass is 382 g/mol. The summed E-state index contributed by atoms with van der Waals surface area (Å²) in [7, 11) is 0. The molecule has 0 aliphatic heterocycles. The van der Waals surface area contributed by atoms with Crippen molar-refractivity contribution in [3.8, 4) is 0 Å². The number of thiazole rings is 1. The standard InChI is InChI=1S/C13H8Br2N2S/c14-8-5-6-9(15)11(7-8)17-13-16-10-3-1-2-4-12(10)18-13/h1-7H,(H,16,17). The van der Waals surface area contributed by atoms with Crippen molar-refractivity contribution in [2.45, 2.75) is 0 Å². The van der Waals surface area contributed by atoms with Crippen LogP contribution in [-0.2, 0) is 0 Å². The van der Waals surface area contributed by atoms with Crippen molar-refractivity contribution in [3.05, 3.63) is 51.4 Å². The largest absolute Gasteiger partial charge is 0.331 e. The summed E-state index contributed by atoms with van der Waals surface area (Å²) in [6.45, 7) is 0. The second-order valence-electron chi connectivity index (χ2n) is 3.74. The Bertz CT molecular complexity index is 676. The molecule has 3 rings (SSSR count). The predicted octanol–water partition coefficient (Wildman–Crippen LogP) is 5.56. The van der Waals surface area contributed by atoms with E-state index in [1.54, 1.807) is 11.3 Å². The van der Waals surface area contributed by atoms with E-state index in [0.29, 0.717) is 0 Å². The van der Waals surface area contributed by atoms with Gasteiger partial charge in [-0.05, 0) is 46.3 Å². The van der Waals surface area contributed by atoms with Gasteiger partial charge >= 0.3 is 0 Å². The maximum Gasteiger partial charge on any atom is 0.188 e. The van der Waals surface area contributed by atoms with Gasteiger partial charge in [0.15, 0.2) is 5.13 Å². The number of hydrogen-bond acceptors (Lipinski definition) is 3. The summed E-state index contributed by atoms with van der Waals surface area (Å²) >= 11 is 8.64. The highest BCUT2D eigenvalue weighted by Gasteiger charge is 2.06. The first-order valence-electron chi connectivity index (χ1n) is 5.30. The molecule has 2 aromatic carbocycles. The van der Waals surface area contributed by atoms with Crippen LogP contribution >= 0.6 is 43.2 Å². The summed E-state index contributed by atoms with van der Waals surface area (Å²) in [6, 6.07) is 14.1. The number of anilines is 2. The van der Waals surface area contributed by atoms with Gasteiger partial charge in [0.25, 0.3) is 0 Å². The van der Waals surface area contributed by atoms with Crippen molar-refractivity contribution < 1.29 is 0 Å². The number of hydrogen-bond donors (Lipinski definition) is 1. The average molecular weight is 384 g/mol. The van der Waals surface area contributed by atoms with E-state index in [1.165, 1.54) is 4.70 Å². The molecule has 0 aliphatic carbocycles. The number of halogens is 2. The lowest BCUT2D eigenvalue weighted by atomic mass is 10.3. The fraction of sp³-hybridized carbons (Fsp3) is 0. The Kier molecular flexibility index (Phi) is 3.37. The third-order valence-electron chi connectivity index (χ3n) is 2.46. The summed E-state index contributed by atoms with van der Waals surface area (Å²) < 4.78 is 3.24. The summed E-state index contributed by atoms with van der Waals surface area (Å²) in [5.74, 6) is 0. The summed E-state index contributed by atoms with van der Waals surface area (Å²) in [5.41, 5.74) is 2.03.